The van der Waals surface area contributed by atoms with Crippen molar-refractivity contribution in [3.05, 3.63) is 77.3 Å². The van der Waals surface area contributed by atoms with Gasteiger partial charge in [-0.15, -0.1) is 11.3 Å². The maximum absolute atomic E-state index is 12.3. The molecule has 0 saturated heterocycles. The standard InChI is InChI=1S/C20H14ClN5O3S/c21-14-6-7-17(26-12-22-11-23-26)15(8-14)24-18(27)9-29-20(28)16-10-30-19(25-16)13-4-2-1-3-5-13/h1-8,10-12H,9H2,(H,24,27). The molecular weight excluding hydrogens is 426 g/mol. The van der Waals surface area contributed by atoms with E-state index in [0.29, 0.717) is 21.4 Å². The Kier molecular flexibility index (Phi) is 5.82. The fourth-order valence-electron chi connectivity index (χ4n) is 2.61. The summed E-state index contributed by atoms with van der Waals surface area (Å²) in [6.45, 7) is -0.472. The summed E-state index contributed by atoms with van der Waals surface area (Å²) in [5, 5.41) is 9.44. The Bertz CT molecular complexity index is 1180. The number of esters is 1. The van der Waals surface area contributed by atoms with Crippen LogP contribution < -0.4 is 5.32 Å². The lowest BCUT2D eigenvalue weighted by molar-refractivity contribution is -0.119. The van der Waals surface area contributed by atoms with E-state index in [9.17, 15) is 9.59 Å². The Morgan fingerprint density at radius 1 is 1.17 bits per heavy atom. The highest BCUT2D eigenvalue weighted by molar-refractivity contribution is 7.13. The average molecular weight is 440 g/mol. The average Bonchev–Trinajstić information content (AvgIpc) is 3.45. The van der Waals surface area contributed by atoms with Crippen molar-refractivity contribution in [1.29, 1.82) is 0 Å². The van der Waals surface area contributed by atoms with E-state index in [0.717, 1.165) is 5.56 Å². The lowest BCUT2D eigenvalue weighted by atomic mass is 10.2. The van der Waals surface area contributed by atoms with Crippen molar-refractivity contribution in [2.24, 2.45) is 0 Å². The molecule has 0 saturated carbocycles. The second-order valence-corrected chi connectivity index (χ2v) is 7.32. The molecule has 0 fully saturated rings. The van der Waals surface area contributed by atoms with Crippen molar-refractivity contribution in [3.8, 4) is 16.3 Å². The van der Waals surface area contributed by atoms with Crippen LogP contribution in [0.1, 0.15) is 10.5 Å². The maximum atomic E-state index is 12.3. The number of hydrogen-bond acceptors (Lipinski definition) is 7. The van der Waals surface area contributed by atoms with Gasteiger partial charge >= 0.3 is 5.97 Å². The quantitative estimate of drug-likeness (QED) is 0.458. The van der Waals surface area contributed by atoms with E-state index < -0.39 is 18.5 Å². The van der Waals surface area contributed by atoms with Crippen molar-refractivity contribution >= 4 is 40.5 Å². The molecule has 0 atom stereocenters. The van der Waals surface area contributed by atoms with Gasteiger partial charge in [0.2, 0.25) is 0 Å². The molecular formula is C20H14ClN5O3S. The lowest BCUT2D eigenvalue weighted by Gasteiger charge is -2.11. The Hall–Kier alpha value is -3.56. The molecule has 0 aliphatic carbocycles. The van der Waals surface area contributed by atoms with Gasteiger partial charge in [0, 0.05) is 16.0 Å². The van der Waals surface area contributed by atoms with E-state index in [4.69, 9.17) is 16.3 Å². The first-order chi connectivity index (χ1) is 14.6. The molecule has 4 aromatic rings. The summed E-state index contributed by atoms with van der Waals surface area (Å²) in [6.07, 6.45) is 2.87. The summed E-state index contributed by atoms with van der Waals surface area (Å²) in [5.41, 5.74) is 2.04. The topological polar surface area (TPSA) is 99.0 Å². The van der Waals surface area contributed by atoms with Crippen molar-refractivity contribution in [2.75, 3.05) is 11.9 Å². The van der Waals surface area contributed by atoms with Gasteiger partial charge in [-0.2, -0.15) is 5.10 Å². The van der Waals surface area contributed by atoms with Crippen LogP contribution in [0.5, 0.6) is 0 Å². The van der Waals surface area contributed by atoms with E-state index >= 15 is 0 Å². The van der Waals surface area contributed by atoms with Crippen LogP contribution in [0.2, 0.25) is 5.02 Å². The second kappa shape index (κ2) is 8.85. The Morgan fingerprint density at radius 3 is 2.77 bits per heavy atom. The van der Waals surface area contributed by atoms with Gasteiger partial charge in [-0.3, -0.25) is 4.79 Å². The van der Waals surface area contributed by atoms with E-state index in [-0.39, 0.29) is 5.69 Å². The number of carbonyl (C=O) groups excluding carboxylic acids is 2. The molecule has 30 heavy (non-hydrogen) atoms. The highest BCUT2D eigenvalue weighted by Crippen LogP contribution is 2.25. The van der Waals surface area contributed by atoms with Crippen molar-refractivity contribution in [3.63, 3.8) is 0 Å². The number of nitrogens with zero attached hydrogens (tertiary/aromatic N) is 4. The third-order valence-corrected chi connectivity index (χ3v) is 5.09. The van der Waals surface area contributed by atoms with Gasteiger partial charge in [0.05, 0.1) is 11.4 Å². The Labute approximate surface area is 180 Å². The van der Waals surface area contributed by atoms with Crippen molar-refractivity contribution in [1.82, 2.24) is 19.7 Å². The van der Waals surface area contributed by atoms with Crippen LogP contribution in [-0.2, 0) is 9.53 Å². The van der Waals surface area contributed by atoms with Gasteiger partial charge in [0.25, 0.3) is 5.91 Å². The minimum absolute atomic E-state index is 0.151. The first-order valence-electron chi connectivity index (χ1n) is 8.72. The summed E-state index contributed by atoms with van der Waals surface area (Å²) < 4.78 is 6.58. The third-order valence-electron chi connectivity index (χ3n) is 3.97. The number of halogens is 1. The van der Waals surface area contributed by atoms with Crippen LogP contribution in [0.4, 0.5) is 5.69 Å². The van der Waals surface area contributed by atoms with Crippen LogP contribution in [0, 0.1) is 0 Å². The predicted octanol–water partition coefficient (Wildman–Crippen LogP) is 3.84. The highest BCUT2D eigenvalue weighted by Gasteiger charge is 2.16. The number of hydrogen-bond donors (Lipinski definition) is 1. The molecule has 2 aromatic carbocycles. The fraction of sp³-hybridized carbons (Fsp3) is 0.0500. The van der Waals surface area contributed by atoms with Gasteiger partial charge in [-0.1, -0.05) is 41.9 Å². The zero-order valence-electron chi connectivity index (χ0n) is 15.4. The zero-order valence-corrected chi connectivity index (χ0v) is 16.9. The normalized spacial score (nSPS) is 10.6. The number of ether oxygens (including phenoxy) is 1. The molecule has 0 aliphatic rings. The first kappa shape index (κ1) is 19.7. The smallest absolute Gasteiger partial charge is 0.358 e. The predicted molar refractivity (Wildman–Crippen MR) is 113 cm³/mol. The SMILES string of the molecule is O=C(COC(=O)c1csc(-c2ccccc2)n1)Nc1cc(Cl)ccc1-n1cncn1. The molecule has 10 heteroatoms. The number of anilines is 1. The van der Waals surface area contributed by atoms with Gasteiger partial charge in [-0.25, -0.2) is 19.4 Å². The van der Waals surface area contributed by atoms with Gasteiger partial charge < -0.3 is 10.1 Å². The summed E-state index contributed by atoms with van der Waals surface area (Å²) in [6, 6.07) is 14.4. The second-order valence-electron chi connectivity index (χ2n) is 6.03. The molecule has 2 heterocycles. The first-order valence-corrected chi connectivity index (χ1v) is 9.98. The monoisotopic (exact) mass is 439 g/mol. The van der Waals surface area contributed by atoms with E-state index in [1.54, 1.807) is 23.6 Å². The molecule has 0 spiro atoms. The number of thiazole rings is 1. The van der Waals surface area contributed by atoms with Gasteiger partial charge in [-0.05, 0) is 18.2 Å². The molecule has 1 N–H and O–H groups in total. The minimum atomic E-state index is -0.675. The number of amides is 1. The fourth-order valence-corrected chi connectivity index (χ4v) is 3.58. The molecule has 150 valence electrons. The molecule has 2 aromatic heterocycles. The summed E-state index contributed by atoms with van der Waals surface area (Å²) in [7, 11) is 0. The highest BCUT2D eigenvalue weighted by atomic mass is 35.5. The summed E-state index contributed by atoms with van der Waals surface area (Å²) >= 11 is 7.36. The largest absolute Gasteiger partial charge is 0.451 e. The molecule has 4 rings (SSSR count). The molecule has 0 bridgehead atoms. The molecule has 0 radical (unpaired) electrons. The summed E-state index contributed by atoms with van der Waals surface area (Å²) in [5.74, 6) is -1.20. The Morgan fingerprint density at radius 2 is 2.00 bits per heavy atom. The third kappa shape index (κ3) is 4.53. The van der Waals surface area contributed by atoms with E-state index in [2.05, 4.69) is 20.4 Å². The van der Waals surface area contributed by atoms with Crippen LogP contribution in [0.25, 0.3) is 16.3 Å². The van der Waals surface area contributed by atoms with Gasteiger partial charge in [0.15, 0.2) is 12.3 Å². The van der Waals surface area contributed by atoms with Crippen LogP contribution in [-0.4, -0.2) is 38.2 Å². The van der Waals surface area contributed by atoms with Crippen LogP contribution in [0.15, 0.2) is 66.6 Å². The lowest BCUT2D eigenvalue weighted by Crippen LogP contribution is -2.22. The molecule has 8 nitrogen and oxygen atoms in total. The van der Waals surface area contributed by atoms with Crippen LogP contribution in [0.3, 0.4) is 0 Å². The van der Waals surface area contributed by atoms with E-state index in [1.165, 1.54) is 28.7 Å². The van der Waals surface area contributed by atoms with Gasteiger partial charge in [0.1, 0.15) is 17.7 Å². The number of rotatable bonds is 6. The molecule has 1 amide bonds. The maximum Gasteiger partial charge on any atom is 0.358 e. The van der Waals surface area contributed by atoms with E-state index in [1.807, 2.05) is 30.3 Å². The zero-order chi connectivity index (χ0) is 20.9. The van der Waals surface area contributed by atoms with Crippen LogP contribution >= 0.6 is 22.9 Å². The molecule has 0 unspecified atom stereocenters. The number of nitrogens with one attached hydrogen (secondary N) is 1. The number of benzene rings is 2. The molecule has 0 aliphatic heterocycles. The Balaban J connectivity index is 1.39. The van der Waals surface area contributed by atoms with Crippen molar-refractivity contribution < 1.29 is 14.3 Å². The summed E-state index contributed by atoms with van der Waals surface area (Å²) in [4.78, 5) is 32.7. The van der Waals surface area contributed by atoms with Crippen molar-refractivity contribution in [2.45, 2.75) is 0 Å². The minimum Gasteiger partial charge on any atom is -0.451 e. The number of carbonyl (C=O) groups is 2. The number of aromatic nitrogens is 4.